The molecule has 0 unspecified atom stereocenters. The van der Waals surface area contributed by atoms with Crippen molar-refractivity contribution >= 4 is 27.0 Å². The minimum atomic E-state index is -0.455. The van der Waals surface area contributed by atoms with Gasteiger partial charge in [-0.2, -0.15) is 5.26 Å². The molecule has 116 valence electrons. The van der Waals surface area contributed by atoms with Gasteiger partial charge in [0.2, 0.25) is 0 Å². The van der Waals surface area contributed by atoms with Gasteiger partial charge in [0.25, 0.3) is 5.56 Å². The molecule has 3 aromatic rings. The third kappa shape index (κ3) is 2.23. The van der Waals surface area contributed by atoms with E-state index < -0.39 is 11.2 Å². The van der Waals surface area contributed by atoms with Crippen molar-refractivity contribution in [3.05, 3.63) is 66.9 Å². The molecule has 1 aromatic carbocycles. The molecule has 3 rings (SSSR count). The SMILES string of the molecule is Cn1c(=O)c2c(c(C#N)c(Br)n2Cc2ccccc2)n(C)c1=O. The quantitative estimate of drug-likeness (QED) is 0.687. The van der Waals surface area contributed by atoms with Crippen LogP contribution < -0.4 is 11.2 Å². The molecule has 0 aliphatic rings. The van der Waals surface area contributed by atoms with Gasteiger partial charge in [-0.15, -0.1) is 0 Å². The largest absolute Gasteiger partial charge is 0.331 e. The normalized spacial score (nSPS) is 10.9. The summed E-state index contributed by atoms with van der Waals surface area (Å²) in [5, 5.41) is 9.45. The summed E-state index contributed by atoms with van der Waals surface area (Å²) in [5.74, 6) is 0. The molecule has 6 nitrogen and oxygen atoms in total. The van der Waals surface area contributed by atoms with E-state index in [2.05, 4.69) is 22.0 Å². The van der Waals surface area contributed by atoms with Crippen LogP contribution >= 0.6 is 15.9 Å². The molecule has 0 aliphatic heterocycles. The second-order valence-corrected chi connectivity index (χ2v) is 6.00. The lowest BCUT2D eigenvalue weighted by molar-refractivity contribution is 0.703. The summed E-state index contributed by atoms with van der Waals surface area (Å²) in [5.41, 5.74) is 1.09. The Morgan fingerprint density at radius 1 is 1.09 bits per heavy atom. The molecular formula is C16H13BrN4O2. The second kappa shape index (κ2) is 5.56. The van der Waals surface area contributed by atoms with Crippen molar-refractivity contribution in [1.29, 1.82) is 5.26 Å². The average molecular weight is 373 g/mol. The summed E-state index contributed by atoms with van der Waals surface area (Å²) in [6.45, 7) is 0.424. The molecule has 0 fully saturated rings. The lowest BCUT2D eigenvalue weighted by atomic mass is 10.2. The lowest BCUT2D eigenvalue weighted by Gasteiger charge is -2.09. The Kier molecular flexibility index (Phi) is 3.70. The molecule has 0 N–H and O–H groups in total. The highest BCUT2D eigenvalue weighted by molar-refractivity contribution is 9.10. The number of nitriles is 1. The van der Waals surface area contributed by atoms with Gasteiger partial charge in [0.15, 0.2) is 0 Å². The maximum absolute atomic E-state index is 12.6. The van der Waals surface area contributed by atoms with Gasteiger partial charge in [0, 0.05) is 20.6 Å². The number of rotatable bonds is 2. The van der Waals surface area contributed by atoms with E-state index in [4.69, 9.17) is 0 Å². The first-order chi connectivity index (χ1) is 11.0. The Labute approximate surface area is 139 Å². The number of halogens is 1. The van der Waals surface area contributed by atoms with Gasteiger partial charge < -0.3 is 4.57 Å². The molecule has 0 amide bonds. The Morgan fingerprint density at radius 2 is 1.74 bits per heavy atom. The molecule has 0 bridgehead atoms. The van der Waals surface area contributed by atoms with Crippen LogP contribution in [-0.2, 0) is 20.6 Å². The molecule has 0 atom stereocenters. The fourth-order valence-electron chi connectivity index (χ4n) is 2.70. The topological polar surface area (TPSA) is 72.7 Å². The summed E-state index contributed by atoms with van der Waals surface area (Å²) < 4.78 is 4.61. The van der Waals surface area contributed by atoms with E-state index in [-0.39, 0.29) is 5.56 Å². The molecule has 23 heavy (non-hydrogen) atoms. The summed E-state index contributed by atoms with van der Waals surface area (Å²) in [4.78, 5) is 24.7. The van der Waals surface area contributed by atoms with Gasteiger partial charge in [0.05, 0.1) is 5.52 Å². The number of fused-ring (bicyclic) bond motifs is 1. The van der Waals surface area contributed by atoms with Crippen molar-refractivity contribution in [3.63, 3.8) is 0 Å². The van der Waals surface area contributed by atoms with E-state index in [9.17, 15) is 14.9 Å². The Balaban J connectivity index is 2.44. The fourth-order valence-corrected chi connectivity index (χ4v) is 3.28. The van der Waals surface area contributed by atoms with Gasteiger partial charge in [-0.1, -0.05) is 30.3 Å². The van der Waals surface area contributed by atoms with Crippen LogP contribution in [-0.4, -0.2) is 13.7 Å². The van der Waals surface area contributed by atoms with E-state index >= 15 is 0 Å². The van der Waals surface area contributed by atoms with Gasteiger partial charge in [-0.3, -0.25) is 13.9 Å². The maximum Gasteiger partial charge on any atom is 0.331 e. The predicted octanol–water partition coefficient (Wildman–Crippen LogP) is 1.72. The van der Waals surface area contributed by atoms with Crippen molar-refractivity contribution in [2.45, 2.75) is 6.54 Å². The Bertz CT molecular complexity index is 1070. The van der Waals surface area contributed by atoms with Crippen LogP contribution in [0.5, 0.6) is 0 Å². The molecular weight excluding hydrogens is 360 g/mol. The fraction of sp³-hybridized carbons (Fsp3) is 0.188. The van der Waals surface area contributed by atoms with Crippen LogP contribution in [0.15, 0.2) is 44.5 Å². The van der Waals surface area contributed by atoms with Crippen LogP contribution in [0.3, 0.4) is 0 Å². The maximum atomic E-state index is 12.6. The van der Waals surface area contributed by atoms with E-state index in [1.165, 1.54) is 11.6 Å². The number of aryl methyl sites for hydroxylation is 1. The van der Waals surface area contributed by atoms with E-state index in [0.717, 1.165) is 10.1 Å². The van der Waals surface area contributed by atoms with Crippen molar-refractivity contribution in [2.24, 2.45) is 14.1 Å². The molecule has 0 spiro atoms. The smallest absolute Gasteiger partial charge is 0.324 e. The van der Waals surface area contributed by atoms with Crippen LogP contribution in [0.1, 0.15) is 11.1 Å². The summed E-state index contributed by atoms with van der Waals surface area (Å²) >= 11 is 3.41. The van der Waals surface area contributed by atoms with Gasteiger partial charge in [0.1, 0.15) is 21.8 Å². The van der Waals surface area contributed by atoms with Crippen LogP contribution in [0.2, 0.25) is 0 Å². The lowest BCUT2D eigenvalue weighted by Crippen LogP contribution is -2.37. The van der Waals surface area contributed by atoms with Gasteiger partial charge in [-0.25, -0.2) is 4.79 Å². The molecule has 2 heterocycles. The zero-order valence-electron chi connectivity index (χ0n) is 12.6. The molecule has 0 saturated heterocycles. The number of benzene rings is 1. The molecule has 0 radical (unpaired) electrons. The zero-order chi connectivity index (χ0) is 16.7. The zero-order valence-corrected chi connectivity index (χ0v) is 14.2. The highest BCUT2D eigenvalue weighted by Crippen LogP contribution is 2.27. The number of hydrogen-bond acceptors (Lipinski definition) is 3. The summed E-state index contributed by atoms with van der Waals surface area (Å²) in [7, 11) is 2.99. The summed E-state index contributed by atoms with van der Waals surface area (Å²) in [6, 6.07) is 11.7. The van der Waals surface area contributed by atoms with Crippen molar-refractivity contribution in [2.75, 3.05) is 0 Å². The standard InChI is InChI=1S/C16H13BrN4O2/c1-19-12-11(8-18)14(17)21(9-10-6-4-3-5-7-10)13(12)15(22)20(2)16(19)23/h3-7H,9H2,1-2H3. The summed E-state index contributed by atoms with van der Waals surface area (Å²) in [6.07, 6.45) is 0. The third-order valence-corrected chi connectivity index (χ3v) is 4.71. The first kappa shape index (κ1) is 15.3. The van der Waals surface area contributed by atoms with Crippen molar-refractivity contribution in [3.8, 4) is 6.07 Å². The van der Waals surface area contributed by atoms with E-state index in [1.807, 2.05) is 30.3 Å². The highest BCUT2D eigenvalue weighted by Gasteiger charge is 2.22. The van der Waals surface area contributed by atoms with Crippen molar-refractivity contribution < 1.29 is 0 Å². The van der Waals surface area contributed by atoms with Gasteiger partial charge in [-0.05, 0) is 21.5 Å². The minimum Gasteiger partial charge on any atom is -0.324 e. The molecule has 0 aliphatic carbocycles. The van der Waals surface area contributed by atoms with E-state index in [0.29, 0.717) is 22.2 Å². The number of aromatic nitrogens is 3. The molecule has 2 aromatic heterocycles. The monoisotopic (exact) mass is 372 g/mol. The minimum absolute atomic E-state index is 0.285. The first-order valence-electron chi connectivity index (χ1n) is 6.89. The average Bonchev–Trinajstić information content (AvgIpc) is 2.84. The Hall–Kier alpha value is -2.59. The Morgan fingerprint density at radius 3 is 2.35 bits per heavy atom. The third-order valence-electron chi connectivity index (χ3n) is 3.89. The van der Waals surface area contributed by atoms with Gasteiger partial charge >= 0.3 is 5.69 Å². The van der Waals surface area contributed by atoms with Crippen LogP contribution in [0, 0.1) is 11.3 Å². The van der Waals surface area contributed by atoms with Crippen molar-refractivity contribution in [1.82, 2.24) is 13.7 Å². The van der Waals surface area contributed by atoms with E-state index in [1.54, 1.807) is 11.6 Å². The molecule has 7 heteroatoms. The van der Waals surface area contributed by atoms with Crippen LogP contribution in [0.4, 0.5) is 0 Å². The number of hydrogen-bond donors (Lipinski definition) is 0. The van der Waals surface area contributed by atoms with Crippen LogP contribution in [0.25, 0.3) is 11.0 Å². The first-order valence-corrected chi connectivity index (χ1v) is 7.68. The highest BCUT2D eigenvalue weighted by atomic mass is 79.9. The number of nitrogens with zero attached hydrogens (tertiary/aromatic N) is 4. The molecule has 0 saturated carbocycles. The second-order valence-electron chi connectivity index (χ2n) is 5.25. The predicted molar refractivity (Wildman–Crippen MR) is 90.4 cm³/mol.